The molecule has 1 aromatic carbocycles. The standard InChI is InChI=1S/C15H16Cl3NO5/c16-10-4-12(18)13(5-11(10)17)23-8-15(21)24-7-14(20)19-6-9-2-1-3-22-9/h4-5,9H,1-3,6-8H2,(H,19,20)/t9-/m1/s1. The Bertz CT molecular complexity index is 605. The summed E-state index contributed by atoms with van der Waals surface area (Å²) in [5, 5.41) is 3.38. The van der Waals surface area contributed by atoms with Gasteiger partial charge in [-0.2, -0.15) is 0 Å². The summed E-state index contributed by atoms with van der Waals surface area (Å²) in [4.78, 5) is 23.2. The molecule has 132 valence electrons. The molecule has 1 heterocycles. The summed E-state index contributed by atoms with van der Waals surface area (Å²) in [6.45, 7) is 0.330. The van der Waals surface area contributed by atoms with Gasteiger partial charge in [-0.25, -0.2) is 4.79 Å². The van der Waals surface area contributed by atoms with E-state index in [1.54, 1.807) is 0 Å². The third kappa shape index (κ3) is 6.02. The maximum Gasteiger partial charge on any atom is 0.344 e. The molecule has 24 heavy (non-hydrogen) atoms. The molecule has 0 unspecified atom stereocenters. The number of halogens is 3. The van der Waals surface area contributed by atoms with E-state index in [4.69, 9.17) is 49.0 Å². The first-order valence-electron chi connectivity index (χ1n) is 7.27. The Morgan fingerprint density at radius 1 is 1.17 bits per heavy atom. The van der Waals surface area contributed by atoms with Gasteiger partial charge in [-0.05, 0) is 18.9 Å². The van der Waals surface area contributed by atoms with Crippen molar-refractivity contribution in [2.75, 3.05) is 26.4 Å². The largest absolute Gasteiger partial charge is 0.480 e. The molecule has 1 saturated heterocycles. The number of ether oxygens (including phenoxy) is 3. The van der Waals surface area contributed by atoms with E-state index >= 15 is 0 Å². The Kier molecular flexibility index (Phi) is 7.42. The van der Waals surface area contributed by atoms with Crippen LogP contribution in [0.5, 0.6) is 5.75 Å². The highest BCUT2D eigenvalue weighted by Gasteiger charge is 2.17. The lowest BCUT2D eigenvalue weighted by Gasteiger charge is -2.11. The third-order valence-electron chi connectivity index (χ3n) is 3.24. The number of amides is 1. The van der Waals surface area contributed by atoms with Crippen LogP contribution in [0, 0.1) is 0 Å². The van der Waals surface area contributed by atoms with E-state index in [0.29, 0.717) is 13.2 Å². The second kappa shape index (κ2) is 9.32. The summed E-state index contributed by atoms with van der Waals surface area (Å²) in [5.41, 5.74) is 0. The maximum atomic E-state index is 11.6. The molecule has 0 aliphatic carbocycles. The van der Waals surface area contributed by atoms with E-state index < -0.39 is 18.5 Å². The zero-order valence-corrected chi connectivity index (χ0v) is 14.9. The fourth-order valence-corrected chi connectivity index (χ4v) is 2.61. The fraction of sp³-hybridized carbons (Fsp3) is 0.467. The van der Waals surface area contributed by atoms with Crippen molar-refractivity contribution in [1.82, 2.24) is 5.32 Å². The minimum Gasteiger partial charge on any atom is -0.480 e. The highest BCUT2D eigenvalue weighted by atomic mass is 35.5. The molecule has 1 fully saturated rings. The topological polar surface area (TPSA) is 73.9 Å². The number of hydrogen-bond donors (Lipinski definition) is 1. The number of esters is 1. The van der Waals surface area contributed by atoms with Crippen molar-refractivity contribution in [2.45, 2.75) is 18.9 Å². The van der Waals surface area contributed by atoms with E-state index in [0.717, 1.165) is 12.8 Å². The van der Waals surface area contributed by atoms with Crippen LogP contribution in [-0.4, -0.2) is 44.3 Å². The first kappa shape index (κ1) is 19.1. The van der Waals surface area contributed by atoms with Gasteiger partial charge in [0.05, 0.1) is 21.2 Å². The predicted octanol–water partition coefficient (Wildman–Crippen LogP) is 2.86. The van der Waals surface area contributed by atoms with Crippen LogP contribution in [0.15, 0.2) is 12.1 Å². The number of rotatable bonds is 7. The molecule has 9 heteroatoms. The number of hydrogen-bond acceptors (Lipinski definition) is 5. The molecule has 0 saturated carbocycles. The second-order valence-electron chi connectivity index (χ2n) is 5.09. The van der Waals surface area contributed by atoms with Crippen molar-refractivity contribution < 1.29 is 23.8 Å². The molecule has 2 rings (SSSR count). The van der Waals surface area contributed by atoms with E-state index in [-0.39, 0.29) is 33.5 Å². The van der Waals surface area contributed by atoms with Crippen LogP contribution in [0.25, 0.3) is 0 Å². The number of benzene rings is 1. The van der Waals surface area contributed by atoms with Crippen molar-refractivity contribution >= 4 is 46.7 Å². The Morgan fingerprint density at radius 2 is 1.92 bits per heavy atom. The van der Waals surface area contributed by atoms with Crippen molar-refractivity contribution in [2.24, 2.45) is 0 Å². The minimum atomic E-state index is -0.704. The lowest BCUT2D eigenvalue weighted by atomic mass is 10.2. The molecular weight excluding hydrogens is 381 g/mol. The van der Waals surface area contributed by atoms with Crippen LogP contribution in [0.2, 0.25) is 15.1 Å². The molecule has 0 aromatic heterocycles. The van der Waals surface area contributed by atoms with Gasteiger partial charge in [0.15, 0.2) is 13.2 Å². The minimum absolute atomic E-state index is 0.0322. The zero-order valence-electron chi connectivity index (χ0n) is 12.6. The normalized spacial score (nSPS) is 16.7. The van der Waals surface area contributed by atoms with Crippen LogP contribution in [0.3, 0.4) is 0 Å². The number of nitrogens with one attached hydrogen (secondary N) is 1. The molecule has 1 aromatic rings. The zero-order chi connectivity index (χ0) is 17.5. The lowest BCUT2D eigenvalue weighted by molar-refractivity contribution is -0.150. The first-order chi connectivity index (χ1) is 11.5. The summed E-state index contributed by atoms with van der Waals surface area (Å²) in [6, 6.07) is 2.80. The van der Waals surface area contributed by atoms with Gasteiger partial charge in [0.1, 0.15) is 5.75 Å². The van der Waals surface area contributed by atoms with Crippen LogP contribution in [-0.2, 0) is 19.1 Å². The lowest BCUT2D eigenvalue weighted by Crippen LogP contribution is -2.35. The molecule has 1 aliphatic heterocycles. The molecule has 1 atom stereocenters. The van der Waals surface area contributed by atoms with Gasteiger partial charge in [0, 0.05) is 19.2 Å². The van der Waals surface area contributed by atoms with Crippen molar-refractivity contribution in [1.29, 1.82) is 0 Å². The average molecular weight is 397 g/mol. The van der Waals surface area contributed by atoms with Gasteiger partial charge in [0.25, 0.3) is 5.91 Å². The van der Waals surface area contributed by atoms with E-state index in [1.807, 2.05) is 0 Å². The molecule has 6 nitrogen and oxygen atoms in total. The molecule has 0 bridgehead atoms. The van der Waals surface area contributed by atoms with Crippen LogP contribution in [0.1, 0.15) is 12.8 Å². The summed E-state index contributed by atoms with van der Waals surface area (Å²) in [5.74, 6) is -0.901. The quantitative estimate of drug-likeness (QED) is 0.567. The van der Waals surface area contributed by atoms with Gasteiger partial charge in [0.2, 0.25) is 0 Å². The average Bonchev–Trinajstić information content (AvgIpc) is 3.06. The Morgan fingerprint density at radius 3 is 2.62 bits per heavy atom. The van der Waals surface area contributed by atoms with Crippen LogP contribution >= 0.6 is 34.8 Å². The van der Waals surface area contributed by atoms with E-state index in [2.05, 4.69) is 5.32 Å². The molecule has 1 aliphatic rings. The monoisotopic (exact) mass is 395 g/mol. The predicted molar refractivity (Wildman–Crippen MR) is 89.9 cm³/mol. The van der Waals surface area contributed by atoms with Gasteiger partial charge in [-0.3, -0.25) is 4.79 Å². The van der Waals surface area contributed by atoms with E-state index in [1.165, 1.54) is 12.1 Å². The Labute approximate surface area is 154 Å². The van der Waals surface area contributed by atoms with Gasteiger partial charge in [-0.15, -0.1) is 0 Å². The Hall–Kier alpha value is -1.21. The van der Waals surface area contributed by atoms with Gasteiger partial charge in [-0.1, -0.05) is 34.8 Å². The Balaban J connectivity index is 1.67. The summed E-state index contributed by atoms with van der Waals surface area (Å²) < 4.78 is 15.4. The summed E-state index contributed by atoms with van der Waals surface area (Å²) >= 11 is 17.6. The molecule has 1 N–H and O–H groups in total. The van der Waals surface area contributed by atoms with Crippen molar-refractivity contribution in [3.8, 4) is 5.75 Å². The summed E-state index contributed by atoms with van der Waals surface area (Å²) in [7, 11) is 0. The third-order valence-corrected chi connectivity index (χ3v) is 4.25. The number of carbonyl (C=O) groups excluding carboxylic acids is 2. The smallest absolute Gasteiger partial charge is 0.344 e. The molecule has 0 radical (unpaired) electrons. The highest BCUT2D eigenvalue weighted by Crippen LogP contribution is 2.33. The highest BCUT2D eigenvalue weighted by molar-refractivity contribution is 6.43. The van der Waals surface area contributed by atoms with Crippen LogP contribution < -0.4 is 10.1 Å². The van der Waals surface area contributed by atoms with Crippen molar-refractivity contribution in [3.05, 3.63) is 27.2 Å². The molecule has 1 amide bonds. The summed E-state index contributed by atoms with van der Waals surface area (Å²) in [6.07, 6.45) is 1.94. The second-order valence-corrected chi connectivity index (χ2v) is 6.31. The number of carbonyl (C=O) groups is 2. The van der Waals surface area contributed by atoms with E-state index in [9.17, 15) is 9.59 Å². The van der Waals surface area contributed by atoms with Gasteiger partial charge >= 0.3 is 5.97 Å². The molecule has 0 spiro atoms. The molecular formula is C15H16Cl3NO5. The fourth-order valence-electron chi connectivity index (χ4n) is 2.02. The van der Waals surface area contributed by atoms with Crippen LogP contribution in [0.4, 0.5) is 0 Å². The maximum absolute atomic E-state index is 11.6. The first-order valence-corrected chi connectivity index (χ1v) is 8.40. The van der Waals surface area contributed by atoms with Gasteiger partial charge < -0.3 is 19.5 Å². The van der Waals surface area contributed by atoms with Crippen molar-refractivity contribution in [3.63, 3.8) is 0 Å². The SMILES string of the molecule is O=C(COC(=O)COc1cc(Cl)c(Cl)cc1Cl)NC[C@H]1CCCO1.